The maximum atomic E-state index is 2.87. The maximum absolute atomic E-state index is 2.87. The van der Waals surface area contributed by atoms with Gasteiger partial charge in [0.2, 0.25) is 0 Å². The first-order valence-electron chi connectivity index (χ1n) is 7.39. The number of hydrogen-bond acceptors (Lipinski definition) is 2. The average molecular weight is 220 g/mol. The van der Waals surface area contributed by atoms with Crippen molar-refractivity contribution in [3.8, 4) is 0 Å². The fourth-order valence-corrected chi connectivity index (χ4v) is 5.47. The highest BCUT2D eigenvalue weighted by Gasteiger charge is 2.55. The predicted octanol–water partition coefficient (Wildman–Crippen LogP) is 2.10. The Labute approximate surface area is 99.0 Å². The summed E-state index contributed by atoms with van der Waals surface area (Å²) in [6, 6.07) is 0.971. The van der Waals surface area contributed by atoms with Crippen LogP contribution in [0.15, 0.2) is 0 Å². The minimum absolute atomic E-state index is 0.670. The van der Waals surface area contributed by atoms with Crippen LogP contribution in [-0.4, -0.2) is 47.6 Å². The van der Waals surface area contributed by atoms with Crippen LogP contribution in [0.3, 0.4) is 0 Å². The molecule has 4 aliphatic rings. The van der Waals surface area contributed by atoms with Crippen molar-refractivity contribution in [3.63, 3.8) is 0 Å². The topological polar surface area (TPSA) is 6.48 Å². The van der Waals surface area contributed by atoms with Crippen LogP contribution in [0.5, 0.6) is 0 Å². The van der Waals surface area contributed by atoms with Gasteiger partial charge in [0.05, 0.1) is 0 Å². The summed E-state index contributed by atoms with van der Waals surface area (Å²) in [4.78, 5) is 5.67. The molecule has 4 saturated heterocycles. The van der Waals surface area contributed by atoms with Crippen molar-refractivity contribution in [3.05, 3.63) is 0 Å². The van der Waals surface area contributed by atoms with Crippen molar-refractivity contribution in [1.29, 1.82) is 0 Å². The van der Waals surface area contributed by atoms with E-state index in [4.69, 9.17) is 0 Å². The quantitative estimate of drug-likeness (QED) is 0.668. The summed E-state index contributed by atoms with van der Waals surface area (Å²) in [5, 5.41) is 0. The van der Waals surface area contributed by atoms with Crippen LogP contribution < -0.4 is 0 Å². The van der Waals surface area contributed by atoms with Crippen molar-refractivity contribution < 1.29 is 0 Å². The molecule has 0 amide bonds. The highest BCUT2D eigenvalue weighted by Crippen LogP contribution is 2.51. The van der Waals surface area contributed by atoms with Gasteiger partial charge in [-0.2, -0.15) is 0 Å². The van der Waals surface area contributed by atoms with Gasteiger partial charge >= 0.3 is 0 Å². The summed E-state index contributed by atoms with van der Waals surface area (Å²) in [5.74, 6) is 1.03. The smallest absolute Gasteiger partial charge is 0.0254 e. The Bertz CT molecular complexity index is 278. The van der Waals surface area contributed by atoms with Crippen LogP contribution >= 0.6 is 0 Å². The van der Waals surface area contributed by atoms with Gasteiger partial charge in [0.15, 0.2) is 0 Å². The molecule has 16 heavy (non-hydrogen) atoms. The Morgan fingerprint density at radius 3 is 2.44 bits per heavy atom. The number of fused-ring (bicyclic) bond motifs is 2. The fraction of sp³-hybridized carbons (Fsp3) is 1.00. The highest BCUT2D eigenvalue weighted by molar-refractivity contribution is 5.10. The van der Waals surface area contributed by atoms with Gasteiger partial charge in [-0.15, -0.1) is 0 Å². The molecule has 0 spiro atoms. The van der Waals surface area contributed by atoms with Gasteiger partial charge in [-0.3, -0.25) is 4.90 Å². The third-order valence-electron chi connectivity index (χ3n) is 6.00. The molecule has 2 atom stereocenters. The van der Waals surface area contributed by atoms with Crippen LogP contribution in [0.25, 0.3) is 0 Å². The minimum Gasteiger partial charge on any atom is -0.300 e. The van der Waals surface area contributed by atoms with Crippen LogP contribution in [0, 0.1) is 5.92 Å². The molecule has 0 saturated carbocycles. The lowest BCUT2D eigenvalue weighted by Gasteiger charge is -2.41. The molecular weight excluding hydrogens is 196 g/mol. The molecule has 90 valence electrons. The van der Waals surface area contributed by atoms with E-state index in [0.717, 1.165) is 12.0 Å². The lowest BCUT2D eigenvalue weighted by atomic mass is 9.75. The van der Waals surface area contributed by atoms with E-state index in [1.807, 2.05) is 0 Å². The molecule has 0 aromatic rings. The zero-order chi connectivity index (χ0) is 10.6. The van der Waals surface area contributed by atoms with E-state index in [9.17, 15) is 0 Å². The SMILES string of the molecule is C1C[C@H]2[C@@H](C34CCCN3CCC4)CCN2C1. The number of hydrogen-bond donors (Lipinski definition) is 0. The predicted molar refractivity (Wildman–Crippen MR) is 65.5 cm³/mol. The Balaban J connectivity index is 1.64. The van der Waals surface area contributed by atoms with Gasteiger partial charge in [-0.1, -0.05) is 0 Å². The van der Waals surface area contributed by atoms with Crippen LogP contribution in [0.4, 0.5) is 0 Å². The van der Waals surface area contributed by atoms with E-state index in [1.54, 1.807) is 0 Å². The molecule has 0 N–H and O–H groups in total. The first kappa shape index (κ1) is 9.90. The van der Waals surface area contributed by atoms with Gasteiger partial charge < -0.3 is 4.90 Å². The summed E-state index contributed by atoms with van der Waals surface area (Å²) >= 11 is 0. The molecular formula is C14H24N2. The van der Waals surface area contributed by atoms with Crippen LogP contribution in [-0.2, 0) is 0 Å². The van der Waals surface area contributed by atoms with E-state index in [-0.39, 0.29) is 0 Å². The summed E-state index contributed by atoms with van der Waals surface area (Å²) in [7, 11) is 0. The largest absolute Gasteiger partial charge is 0.300 e. The molecule has 4 fully saturated rings. The Hall–Kier alpha value is -0.0800. The lowest BCUT2D eigenvalue weighted by Crippen LogP contribution is -2.49. The zero-order valence-corrected chi connectivity index (χ0v) is 10.3. The molecule has 4 aliphatic heterocycles. The molecule has 0 aromatic heterocycles. The Morgan fingerprint density at radius 2 is 1.62 bits per heavy atom. The second kappa shape index (κ2) is 3.46. The van der Waals surface area contributed by atoms with Gasteiger partial charge in [0, 0.05) is 11.6 Å². The second-order valence-electron chi connectivity index (χ2n) is 6.44. The first-order chi connectivity index (χ1) is 7.90. The number of rotatable bonds is 1. The van der Waals surface area contributed by atoms with E-state index in [1.165, 1.54) is 71.1 Å². The second-order valence-corrected chi connectivity index (χ2v) is 6.44. The highest BCUT2D eigenvalue weighted by atomic mass is 15.3. The monoisotopic (exact) mass is 220 g/mol. The summed E-state index contributed by atoms with van der Waals surface area (Å²) in [6.07, 6.45) is 10.5. The van der Waals surface area contributed by atoms with Crippen molar-refractivity contribution >= 4 is 0 Å². The van der Waals surface area contributed by atoms with Gasteiger partial charge in [0.1, 0.15) is 0 Å². The summed E-state index contributed by atoms with van der Waals surface area (Å²) in [5.41, 5.74) is 0.670. The van der Waals surface area contributed by atoms with Gasteiger partial charge in [-0.25, -0.2) is 0 Å². The lowest BCUT2D eigenvalue weighted by molar-refractivity contribution is 0.0938. The van der Waals surface area contributed by atoms with Crippen molar-refractivity contribution in [1.82, 2.24) is 9.80 Å². The maximum Gasteiger partial charge on any atom is 0.0254 e. The van der Waals surface area contributed by atoms with E-state index in [2.05, 4.69) is 9.80 Å². The van der Waals surface area contributed by atoms with Crippen LogP contribution in [0.1, 0.15) is 44.9 Å². The van der Waals surface area contributed by atoms with Crippen molar-refractivity contribution in [2.24, 2.45) is 5.92 Å². The molecule has 0 radical (unpaired) electrons. The fourth-order valence-electron chi connectivity index (χ4n) is 5.47. The van der Waals surface area contributed by atoms with Crippen molar-refractivity contribution in [2.75, 3.05) is 26.2 Å². The summed E-state index contributed by atoms with van der Waals surface area (Å²) < 4.78 is 0. The molecule has 0 unspecified atom stereocenters. The molecule has 4 heterocycles. The molecule has 0 bridgehead atoms. The van der Waals surface area contributed by atoms with Gasteiger partial charge in [0.25, 0.3) is 0 Å². The minimum atomic E-state index is 0.670. The molecule has 0 aliphatic carbocycles. The number of nitrogens with zero attached hydrogens (tertiary/aromatic N) is 2. The first-order valence-corrected chi connectivity index (χ1v) is 7.39. The van der Waals surface area contributed by atoms with Gasteiger partial charge in [-0.05, 0) is 77.0 Å². The molecule has 0 aromatic carbocycles. The average Bonchev–Trinajstić information content (AvgIpc) is 2.95. The third-order valence-corrected chi connectivity index (χ3v) is 6.00. The normalized spacial score (nSPS) is 42.8. The van der Waals surface area contributed by atoms with Crippen LogP contribution in [0.2, 0.25) is 0 Å². The molecule has 4 rings (SSSR count). The van der Waals surface area contributed by atoms with E-state index >= 15 is 0 Å². The Kier molecular flexibility index (Phi) is 2.14. The molecule has 2 heteroatoms. The molecule has 2 nitrogen and oxygen atoms in total. The third kappa shape index (κ3) is 1.15. The zero-order valence-electron chi connectivity index (χ0n) is 10.3. The van der Waals surface area contributed by atoms with Crippen molar-refractivity contribution in [2.45, 2.75) is 56.5 Å². The Morgan fingerprint density at radius 1 is 0.812 bits per heavy atom. The standard InChI is InChI=1S/C14H24N2/c1-4-13-12(5-11-15(13)8-1)14-6-2-9-16(14)10-3-7-14/h12-13H,1-11H2/t12-,13-/m0/s1. The summed E-state index contributed by atoms with van der Waals surface area (Å²) in [6.45, 7) is 5.62. The van der Waals surface area contributed by atoms with E-state index in [0.29, 0.717) is 5.54 Å². The van der Waals surface area contributed by atoms with E-state index < -0.39 is 0 Å².